The number of carbonyl (C=O) groups excluding carboxylic acids is 2. The summed E-state index contributed by atoms with van der Waals surface area (Å²) in [5.41, 5.74) is 1.19. The van der Waals surface area contributed by atoms with E-state index in [1.807, 2.05) is 18.2 Å². The highest BCUT2D eigenvalue weighted by Gasteiger charge is 2.20. The molecule has 2 amide bonds. The lowest BCUT2D eigenvalue weighted by atomic mass is 10.2. The quantitative estimate of drug-likeness (QED) is 0.788. The summed E-state index contributed by atoms with van der Waals surface area (Å²) in [4.78, 5) is 30.9. The van der Waals surface area contributed by atoms with Gasteiger partial charge < -0.3 is 15.5 Å². The van der Waals surface area contributed by atoms with Gasteiger partial charge in [0, 0.05) is 37.9 Å². The van der Waals surface area contributed by atoms with Crippen molar-refractivity contribution in [2.24, 2.45) is 0 Å². The Bertz CT molecular complexity index is 727. The summed E-state index contributed by atoms with van der Waals surface area (Å²) >= 11 is 0. The SMILES string of the molecule is O=C(NCCNC(=O)c1cccnc1N1CCCC1)c1ccccc1. The number of aromatic nitrogens is 1. The lowest BCUT2D eigenvalue weighted by molar-refractivity contribution is 0.0927. The van der Waals surface area contributed by atoms with Gasteiger partial charge in [0.25, 0.3) is 11.8 Å². The highest BCUT2D eigenvalue weighted by molar-refractivity contribution is 5.99. The highest BCUT2D eigenvalue weighted by Crippen LogP contribution is 2.21. The van der Waals surface area contributed by atoms with Crippen LogP contribution in [0.1, 0.15) is 33.6 Å². The first-order valence-electron chi connectivity index (χ1n) is 8.57. The second kappa shape index (κ2) is 8.28. The van der Waals surface area contributed by atoms with Gasteiger partial charge in [0.05, 0.1) is 5.56 Å². The average molecular weight is 338 g/mol. The fraction of sp³-hybridized carbons (Fsp3) is 0.316. The van der Waals surface area contributed by atoms with Crippen LogP contribution in [0, 0.1) is 0 Å². The number of hydrogen-bond donors (Lipinski definition) is 2. The Hall–Kier alpha value is -2.89. The minimum atomic E-state index is -0.163. The zero-order valence-corrected chi connectivity index (χ0v) is 14.1. The van der Waals surface area contributed by atoms with Gasteiger partial charge in [-0.1, -0.05) is 18.2 Å². The summed E-state index contributed by atoms with van der Waals surface area (Å²) in [6, 6.07) is 12.6. The number of nitrogens with one attached hydrogen (secondary N) is 2. The standard InChI is InChI=1S/C19H22N4O2/c24-18(15-7-2-1-3-8-15)21-11-12-22-19(25)16-9-6-10-20-17(16)23-13-4-5-14-23/h1-3,6-10H,4-5,11-14H2,(H,21,24)(H,22,25). The van der Waals surface area contributed by atoms with Crippen LogP contribution in [0.2, 0.25) is 0 Å². The Kier molecular flexibility index (Phi) is 5.61. The van der Waals surface area contributed by atoms with E-state index in [1.165, 1.54) is 0 Å². The van der Waals surface area contributed by atoms with Crippen molar-refractivity contribution in [1.29, 1.82) is 0 Å². The molecule has 1 aliphatic rings. The van der Waals surface area contributed by atoms with E-state index in [1.54, 1.807) is 30.5 Å². The average Bonchev–Trinajstić information content (AvgIpc) is 3.20. The first kappa shape index (κ1) is 17.0. The first-order chi connectivity index (χ1) is 12.3. The molecule has 0 saturated carbocycles. The first-order valence-corrected chi connectivity index (χ1v) is 8.57. The van der Waals surface area contributed by atoms with Gasteiger partial charge in [0.1, 0.15) is 5.82 Å². The molecule has 25 heavy (non-hydrogen) atoms. The van der Waals surface area contributed by atoms with E-state index in [9.17, 15) is 9.59 Å². The van der Waals surface area contributed by atoms with E-state index >= 15 is 0 Å². The normalized spacial score (nSPS) is 13.5. The van der Waals surface area contributed by atoms with Crippen molar-refractivity contribution in [3.8, 4) is 0 Å². The summed E-state index contributed by atoms with van der Waals surface area (Å²) in [6.07, 6.45) is 3.97. The zero-order valence-electron chi connectivity index (χ0n) is 14.1. The molecule has 1 saturated heterocycles. The topological polar surface area (TPSA) is 74.3 Å². The zero-order chi connectivity index (χ0) is 17.5. The third-order valence-electron chi connectivity index (χ3n) is 4.17. The number of pyridine rings is 1. The van der Waals surface area contributed by atoms with Crippen molar-refractivity contribution >= 4 is 17.6 Å². The Morgan fingerprint density at radius 2 is 1.60 bits per heavy atom. The summed E-state index contributed by atoms with van der Waals surface area (Å²) in [7, 11) is 0. The van der Waals surface area contributed by atoms with Crippen molar-refractivity contribution in [2.75, 3.05) is 31.1 Å². The summed E-state index contributed by atoms with van der Waals surface area (Å²) < 4.78 is 0. The van der Waals surface area contributed by atoms with Crippen LogP contribution in [-0.4, -0.2) is 43.0 Å². The van der Waals surface area contributed by atoms with Crippen molar-refractivity contribution in [3.05, 3.63) is 59.8 Å². The van der Waals surface area contributed by atoms with Crippen molar-refractivity contribution in [1.82, 2.24) is 15.6 Å². The van der Waals surface area contributed by atoms with Crippen molar-refractivity contribution in [2.45, 2.75) is 12.8 Å². The second-order valence-electron chi connectivity index (χ2n) is 5.95. The summed E-state index contributed by atoms with van der Waals surface area (Å²) in [6.45, 7) is 2.61. The minimum Gasteiger partial charge on any atom is -0.356 e. The number of benzene rings is 1. The van der Waals surface area contributed by atoms with E-state index in [4.69, 9.17) is 0 Å². The lowest BCUT2D eigenvalue weighted by Gasteiger charge is -2.19. The molecular weight excluding hydrogens is 316 g/mol. The van der Waals surface area contributed by atoms with Crippen LogP contribution in [0.3, 0.4) is 0 Å². The van der Waals surface area contributed by atoms with E-state index < -0.39 is 0 Å². The number of nitrogens with zero attached hydrogens (tertiary/aromatic N) is 2. The fourth-order valence-electron chi connectivity index (χ4n) is 2.89. The molecule has 0 bridgehead atoms. The molecule has 3 rings (SSSR count). The summed E-state index contributed by atoms with van der Waals surface area (Å²) in [5, 5.41) is 5.65. The maximum atomic E-state index is 12.4. The maximum Gasteiger partial charge on any atom is 0.255 e. The third-order valence-corrected chi connectivity index (χ3v) is 4.17. The molecule has 1 fully saturated rings. The number of anilines is 1. The molecule has 2 aromatic rings. The van der Waals surface area contributed by atoms with Crippen LogP contribution in [0.25, 0.3) is 0 Å². The Labute approximate surface area is 147 Å². The molecule has 1 aliphatic heterocycles. The largest absolute Gasteiger partial charge is 0.356 e. The molecule has 130 valence electrons. The maximum absolute atomic E-state index is 12.4. The summed E-state index contributed by atoms with van der Waals surface area (Å²) in [5.74, 6) is 0.434. The van der Waals surface area contributed by atoms with Crippen LogP contribution < -0.4 is 15.5 Å². The molecule has 0 spiro atoms. The Morgan fingerprint density at radius 3 is 2.32 bits per heavy atom. The smallest absolute Gasteiger partial charge is 0.255 e. The van der Waals surface area contributed by atoms with Gasteiger partial charge in [-0.2, -0.15) is 0 Å². The molecule has 2 heterocycles. The molecule has 1 aromatic heterocycles. The van der Waals surface area contributed by atoms with Gasteiger partial charge >= 0.3 is 0 Å². The minimum absolute atomic E-state index is 0.144. The van der Waals surface area contributed by atoms with E-state index in [-0.39, 0.29) is 11.8 Å². The van der Waals surface area contributed by atoms with Crippen LogP contribution in [0.4, 0.5) is 5.82 Å². The van der Waals surface area contributed by atoms with Gasteiger partial charge in [0.15, 0.2) is 0 Å². The number of hydrogen-bond acceptors (Lipinski definition) is 4. The van der Waals surface area contributed by atoms with Crippen molar-refractivity contribution < 1.29 is 9.59 Å². The molecule has 0 radical (unpaired) electrons. The molecule has 0 unspecified atom stereocenters. The molecule has 0 aliphatic carbocycles. The van der Waals surface area contributed by atoms with Crippen LogP contribution in [-0.2, 0) is 0 Å². The predicted octanol–water partition coefficient (Wildman–Crippen LogP) is 1.84. The van der Waals surface area contributed by atoms with Crippen LogP contribution in [0.15, 0.2) is 48.7 Å². The molecular formula is C19H22N4O2. The number of rotatable bonds is 6. The predicted molar refractivity (Wildman–Crippen MR) is 96.8 cm³/mol. The molecule has 6 nitrogen and oxygen atoms in total. The highest BCUT2D eigenvalue weighted by atomic mass is 16.2. The van der Waals surface area contributed by atoms with Crippen LogP contribution >= 0.6 is 0 Å². The number of amides is 2. The van der Waals surface area contributed by atoms with Crippen LogP contribution in [0.5, 0.6) is 0 Å². The lowest BCUT2D eigenvalue weighted by Crippen LogP contribution is -2.35. The number of carbonyl (C=O) groups is 2. The van der Waals surface area contributed by atoms with E-state index in [2.05, 4.69) is 20.5 Å². The van der Waals surface area contributed by atoms with Gasteiger partial charge in [-0.25, -0.2) is 4.98 Å². The molecule has 2 N–H and O–H groups in total. The van der Waals surface area contributed by atoms with Gasteiger partial charge in [0.2, 0.25) is 0 Å². The Morgan fingerprint density at radius 1 is 0.920 bits per heavy atom. The second-order valence-corrected chi connectivity index (χ2v) is 5.95. The van der Waals surface area contributed by atoms with E-state index in [0.29, 0.717) is 24.2 Å². The van der Waals surface area contributed by atoms with Gasteiger partial charge in [-0.05, 0) is 37.1 Å². The van der Waals surface area contributed by atoms with Gasteiger partial charge in [-0.15, -0.1) is 0 Å². The monoisotopic (exact) mass is 338 g/mol. The molecule has 0 atom stereocenters. The van der Waals surface area contributed by atoms with E-state index in [0.717, 1.165) is 31.7 Å². The van der Waals surface area contributed by atoms with Gasteiger partial charge in [-0.3, -0.25) is 9.59 Å². The molecule has 1 aromatic carbocycles. The van der Waals surface area contributed by atoms with Crippen molar-refractivity contribution in [3.63, 3.8) is 0 Å². The third kappa shape index (κ3) is 4.35. The fourth-order valence-corrected chi connectivity index (χ4v) is 2.89. The Balaban J connectivity index is 1.51. The molecule has 6 heteroatoms.